The van der Waals surface area contributed by atoms with Crippen LogP contribution >= 0.6 is 0 Å². The van der Waals surface area contributed by atoms with Gasteiger partial charge in [0, 0.05) is 13.0 Å². The lowest BCUT2D eigenvalue weighted by Crippen LogP contribution is -2.41. The summed E-state index contributed by atoms with van der Waals surface area (Å²) in [5, 5.41) is 13.8. The molecule has 1 rings (SSSR count). The van der Waals surface area contributed by atoms with Gasteiger partial charge in [0.2, 0.25) is 0 Å². The molecular formula is C16H27NO. The molecule has 18 heavy (non-hydrogen) atoms. The van der Waals surface area contributed by atoms with E-state index < -0.39 is 5.60 Å². The second-order valence-corrected chi connectivity index (χ2v) is 6.07. The Kier molecular flexibility index (Phi) is 5.36. The average Bonchev–Trinajstić information content (AvgIpc) is 2.23. The van der Waals surface area contributed by atoms with Gasteiger partial charge in [-0.15, -0.1) is 0 Å². The van der Waals surface area contributed by atoms with Crippen LogP contribution < -0.4 is 5.32 Å². The number of rotatable bonds is 6. The van der Waals surface area contributed by atoms with E-state index in [4.69, 9.17) is 0 Å². The summed E-state index contributed by atoms with van der Waals surface area (Å²) in [5.41, 5.74) is 3.11. The van der Waals surface area contributed by atoms with E-state index in [9.17, 15) is 5.11 Å². The zero-order chi connectivity index (χ0) is 13.8. The molecule has 102 valence electrons. The monoisotopic (exact) mass is 249 g/mol. The molecular weight excluding hydrogens is 222 g/mol. The molecule has 0 heterocycles. The largest absolute Gasteiger partial charge is 0.389 e. The Morgan fingerprint density at radius 1 is 1.22 bits per heavy atom. The molecule has 2 N–H and O–H groups in total. The third kappa shape index (κ3) is 4.79. The molecule has 0 spiro atoms. The average molecular weight is 249 g/mol. The molecule has 1 aromatic rings. The lowest BCUT2D eigenvalue weighted by Gasteiger charge is -2.26. The Labute approximate surface area is 111 Å². The molecule has 1 aromatic carbocycles. The summed E-state index contributed by atoms with van der Waals surface area (Å²) in [6.45, 7) is 12.1. The molecule has 0 aliphatic heterocycles. The fourth-order valence-corrected chi connectivity index (χ4v) is 2.20. The number of hydrogen-bond donors (Lipinski definition) is 2. The molecule has 1 unspecified atom stereocenters. The van der Waals surface area contributed by atoms with E-state index in [2.05, 4.69) is 51.2 Å². The van der Waals surface area contributed by atoms with Gasteiger partial charge in [-0.2, -0.15) is 0 Å². The molecule has 0 aliphatic rings. The van der Waals surface area contributed by atoms with Gasteiger partial charge in [0.05, 0.1) is 5.60 Å². The molecule has 0 aromatic heterocycles. The maximum Gasteiger partial charge on any atom is 0.0783 e. The molecule has 0 radical (unpaired) electrons. The molecule has 1 atom stereocenters. The second kappa shape index (κ2) is 6.35. The van der Waals surface area contributed by atoms with E-state index in [1.54, 1.807) is 0 Å². The molecule has 0 amide bonds. The standard InChI is InChI=1S/C16H27NO/c1-12(2)10-17-11-16(5,18)9-15-13(3)7-6-8-14(15)4/h6-8,12,17-18H,9-11H2,1-5H3. The highest BCUT2D eigenvalue weighted by atomic mass is 16.3. The van der Waals surface area contributed by atoms with Crippen LogP contribution in [0.3, 0.4) is 0 Å². The number of aryl methyl sites for hydroxylation is 2. The number of aliphatic hydroxyl groups is 1. The Morgan fingerprint density at radius 2 is 1.78 bits per heavy atom. The normalized spacial score (nSPS) is 14.8. The topological polar surface area (TPSA) is 32.3 Å². The van der Waals surface area contributed by atoms with Crippen molar-refractivity contribution in [3.8, 4) is 0 Å². The molecule has 0 saturated heterocycles. The second-order valence-electron chi connectivity index (χ2n) is 6.07. The lowest BCUT2D eigenvalue weighted by atomic mass is 9.90. The summed E-state index contributed by atoms with van der Waals surface area (Å²) in [6.07, 6.45) is 0.705. The third-order valence-electron chi connectivity index (χ3n) is 3.26. The Balaban J connectivity index is 2.64. The van der Waals surface area contributed by atoms with Crippen molar-refractivity contribution in [2.45, 2.75) is 46.6 Å². The van der Waals surface area contributed by atoms with Crippen LogP contribution in [0.5, 0.6) is 0 Å². The van der Waals surface area contributed by atoms with Gasteiger partial charge in [0.15, 0.2) is 0 Å². The van der Waals surface area contributed by atoms with Crippen molar-refractivity contribution < 1.29 is 5.11 Å². The zero-order valence-corrected chi connectivity index (χ0v) is 12.4. The van der Waals surface area contributed by atoms with Gasteiger partial charge in [0.25, 0.3) is 0 Å². The highest BCUT2D eigenvalue weighted by Gasteiger charge is 2.22. The first-order valence-corrected chi connectivity index (χ1v) is 6.80. The summed E-state index contributed by atoms with van der Waals surface area (Å²) in [7, 11) is 0. The minimum atomic E-state index is -0.689. The van der Waals surface area contributed by atoms with E-state index in [0.29, 0.717) is 18.9 Å². The highest BCUT2D eigenvalue weighted by Crippen LogP contribution is 2.19. The molecule has 0 saturated carbocycles. The van der Waals surface area contributed by atoms with Crippen molar-refractivity contribution in [1.29, 1.82) is 0 Å². The van der Waals surface area contributed by atoms with Crippen LogP contribution in [-0.4, -0.2) is 23.8 Å². The fraction of sp³-hybridized carbons (Fsp3) is 0.625. The van der Waals surface area contributed by atoms with Gasteiger partial charge in [0.1, 0.15) is 0 Å². The Hall–Kier alpha value is -0.860. The maximum atomic E-state index is 10.5. The van der Waals surface area contributed by atoms with Crippen molar-refractivity contribution in [2.75, 3.05) is 13.1 Å². The zero-order valence-electron chi connectivity index (χ0n) is 12.4. The van der Waals surface area contributed by atoms with Gasteiger partial charge in [-0.1, -0.05) is 32.0 Å². The molecule has 0 fully saturated rings. The van der Waals surface area contributed by atoms with Crippen molar-refractivity contribution in [3.63, 3.8) is 0 Å². The third-order valence-corrected chi connectivity index (χ3v) is 3.26. The van der Waals surface area contributed by atoms with Crippen LogP contribution in [0.4, 0.5) is 0 Å². The lowest BCUT2D eigenvalue weighted by molar-refractivity contribution is 0.0593. The maximum absolute atomic E-state index is 10.5. The van der Waals surface area contributed by atoms with Crippen molar-refractivity contribution in [3.05, 3.63) is 34.9 Å². The van der Waals surface area contributed by atoms with Crippen molar-refractivity contribution in [1.82, 2.24) is 5.32 Å². The first-order chi connectivity index (χ1) is 8.32. The van der Waals surface area contributed by atoms with E-state index >= 15 is 0 Å². The number of benzene rings is 1. The van der Waals surface area contributed by atoms with Crippen LogP contribution in [0.2, 0.25) is 0 Å². The van der Waals surface area contributed by atoms with Crippen LogP contribution in [0.1, 0.15) is 37.5 Å². The summed E-state index contributed by atoms with van der Waals surface area (Å²) in [6, 6.07) is 6.29. The minimum absolute atomic E-state index is 0.612. The van der Waals surface area contributed by atoms with Crippen molar-refractivity contribution >= 4 is 0 Å². The molecule has 0 aliphatic carbocycles. The van der Waals surface area contributed by atoms with Gasteiger partial charge < -0.3 is 10.4 Å². The van der Waals surface area contributed by atoms with Crippen molar-refractivity contribution in [2.24, 2.45) is 5.92 Å². The Morgan fingerprint density at radius 3 is 2.28 bits per heavy atom. The molecule has 2 nitrogen and oxygen atoms in total. The number of nitrogens with one attached hydrogen (secondary N) is 1. The molecule has 0 bridgehead atoms. The van der Waals surface area contributed by atoms with E-state index in [-0.39, 0.29) is 0 Å². The first-order valence-electron chi connectivity index (χ1n) is 6.80. The van der Waals surface area contributed by atoms with Crippen LogP contribution in [0.15, 0.2) is 18.2 Å². The highest BCUT2D eigenvalue weighted by molar-refractivity contribution is 5.34. The smallest absolute Gasteiger partial charge is 0.0783 e. The number of hydrogen-bond acceptors (Lipinski definition) is 2. The summed E-state index contributed by atoms with van der Waals surface area (Å²) in [5.74, 6) is 0.612. The summed E-state index contributed by atoms with van der Waals surface area (Å²) in [4.78, 5) is 0. The first kappa shape index (κ1) is 15.2. The molecule has 2 heteroatoms. The van der Waals surface area contributed by atoms with Gasteiger partial charge in [-0.3, -0.25) is 0 Å². The van der Waals surface area contributed by atoms with Crippen LogP contribution in [-0.2, 0) is 6.42 Å². The van der Waals surface area contributed by atoms with Gasteiger partial charge in [-0.05, 0) is 49.9 Å². The van der Waals surface area contributed by atoms with E-state index in [0.717, 1.165) is 6.54 Å². The predicted octanol–water partition coefficient (Wildman–Crippen LogP) is 2.84. The van der Waals surface area contributed by atoms with Crippen LogP contribution in [0, 0.1) is 19.8 Å². The summed E-state index contributed by atoms with van der Waals surface area (Å²) < 4.78 is 0. The fourth-order valence-electron chi connectivity index (χ4n) is 2.20. The quantitative estimate of drug-likeness (QED) is 0.812. The van der Waals surface area contributed by atoms with Gasteiger partial charge >= 0.3 is 0 Å². The van der Waals surface area contributed by atoms with Crippen LogP contribution in [0.25, 0.3) is 0 Å². The van der Waals surface area contributed by atoms with Gasteiger partial charge in [-0.25, -0.2) is 0 Å². The van der Waals surface area contributed by atoms with E-state index in [1.807, 2.05) is 6.92 Å². The SMILES string of the molecule is Cc1cccc(C)c1CC(C)(O)CNCC(C)C. The Bertz CT molecular complexity index is 362. The summed E-state index contributed by atoms with van der Waals surface area (Å²) >= 11 is 0. The van der Waals surface area contributed by atoms with E-state index in [1.165, 1.54) is 16.7 Å². The predicted molar refractivity (Wildman–Crippen MR) is 78.0 cm³/mol. The minimum Gasteiger partial charge on any atom is -0.389 e.